The maximum absolute atomic E-state index is 12.9. The molecule has 0 radical (unpaired) electrons. The van der Waals surface area contributed by atoms with E-state index < -0.39 is 12.0 Å². The van der Waals surface area contributed by atoms with E-state index >= 15 is 0 Å². The molecule has 3 aromatic rings. The van der Waals surface area contributed by atoms with Crippen LogP contribution in [0.5, 0.6) is 0 Å². The number of ether oxygens (including phenoxy) is 1. The molecule has 2 unspecified atom stereocenters. The summed E-state index contributed by atoms with van der Waals surface area (Å²) in [4.78, 5) is 33.7. The molecule has 36 heavy (non-hydrogen) atoms. The molecule has 2 heterocycles. The molecule has 0 bridgehead atoms. The first kappa shape index (κ1) is 24.9. The van der Waals surface area contributed by atoms with Gasteiger partial charge in [-0.1, -0.05) is 35.9 Å². The smallest absolute Gasteiger partial charge is 0.326 e. The minimum atomic E-state index is -1.08. The van der Waals surface area contributed by atoms with Crippen LogP contribution < -0.4 is 10.6 Å². The third-order valence-corrected chi connectivity index (χ3v) is 6.04. The van der Waals surface area contributed by atoms with E-state index in [-0.39, 0.29) is 18.4 Å². The molecule has 4 rings (SSSR count). The number of nitrogens with zero attached hydrogens (tertiary/aromatic N) is 2. The van der Waals surface area contributed by atoms with Crippen molar-refractivity contribution in [3.05, 3.63) is 94.2 Å². The summed E-state index contributed by atoms with van der Waals surface area (Å²) in [6.45, 7) is 6.76. The number of carboxylic acid groups (broad SMARTS) is 1. The number of anilines is 1. The van der Waals surface area contributed by atoms with E-state index in [9.17, 15) is 14.7 Å². The molecule has 1 aromatic heterocycles. The van der Waals surface area contributed by atoms with E-state index in [1.165, 1.54) is 0 Å². The summed E-state index contributed by atoms with van der Waals surface area (Å²) in [5, 5.41) is 15.7. The minimum absolute atomic E-state index is 0.0260. The molecule has 0 saturated heterocycles. The number of aliphatic carboxylic acids is 1. The molecule has 0 fully saturated rings. The predicted octanol–water partition coefficient (Wildman–Crippen LogP) is 3.69. The number of carbonyl (C=O) groups excluding carboxylic acids is 1. The summed E-state index contributed by atoms with van der Waals surface area (Å²) in [5.74, 6) is -0.115. The first-order chi connectivity index (χ1) is 17.3. The van der Waals surface area contributed by atoms with E-state index in [2.05, 4.69) is 20.6 Å². The monoisotopic (exact) mass is 486 g/mol. The number of amides is 1. The highest BCUT2D eigenvalue weighted by Crippen LogP contribution is 2.18. The fraction of sp³-hybridized carbons (Fsp3) is 0.286. The molecule has 1 aliphatic rings. The Morgan fingerprint density at radius 2 is 1.81 bits per heavy atom. The van der Waals surface area contributed by atoms with Crippen LogP contribution in [0, 0.1) is 20.8 Å². The van der Waals surface area contributed by atoms with Crippen LogP contribution in [0.4, 0.5) is 5.82 Å². The lowest BCUT2D eigenvalue weighted by Crippen LogP contribution is -2.42. The summed E-state index contributed by atoms with van der Waals surface area (Å²) in [6.07, 6.45) is 1.89. The lowest BCUT2D eigenvalue weighted by atomic mass is 9.98. The van der Waals surface area contributed by atoms with E-state index in [0.29, 0.717) is 24.6 Å². The van der Waals surface area contributed by atoms with Crippen LogP contribution in [0.15, 0.2) is 65.8 Å². The van der Waals surface area contributed by atoms with Crippen LogP contribution in [0.3, 0.4) is 0 Å². The number of carboxylic acids is 1. The van der Waals surface area contributed by atoms with Crippen LogP contribution in [-0.4, -0.2) is 53.1 Å². The summed E-state index contributed by atoms with van der Waals surface area (Å²) in [6, 6.07) is 15.8. The van der Waals surface area contributed by atoms with Crippen LogP contribution >= 0.6 is 0 Å². The van der Waals surface area contributed by atoms with E-state index in [0.717, 1.165) is 33.6 Å². The van der Waals surface area contributed by atoms with Gasteiger partial charge in [-0.25, -0.2) is 14.8 Å². The minimum Gasteiger partial charge on any atom is -0.480 e. The van der Waals surface area contributed by atoms with Gasteiger partial charge in [0, 0.05) is 30.3 Å². The Labute approximate surface area is 210 Å². The van der Waals surface area contributed by atoms with Gasteiger partial charge in [-0.15, -0.1) is 0 Å². The number of hydrogen-bond donors (Lipinski definition) is 3. The third-order valence-electron chi connectivity index (χ3n) is 6.04. The predicted molar refractivity (Wildman–Crippen MR) is 139 cm³/mol. The summed E-state index contributed by atoms with van der Waals surface area (Å²) < 4.78 is 5.77. The molecular formula is C28H30N4O4. The second-order valence-electron chi connectivity index (χ2n) is 9.03. The topological polar surface area (TPSA) is 113 Å². The zero-order valence-electron chi connectivity index (χ0n) is 20.6. The number of aryl methyl sites for hydroxylation is 3. The molecule has 186 valence electrons. The Balaban J connectivity index is 1.38. The number of nitrogens with one attached hydrogen (secondary N) is 2. The van der Waals surface area contributed by atoms with Crippen LogP contribution in [0.1, 0.15) is 38.2 Å². The first-order valence-electron chi connectivity index (χ1n) is 11.9. The van der Waals surface area contributed by atoms with Gasteiger partial charge in [0.25, 0.3) is 5.91 Å². The van der Waals surface area contributed by atoms with Gasteiger partial charge in [0.1, 0.15) is 24.5 Å². The Kier molecular flexibility index (Phi) is 7.63. The number of carbonyl (C=O) groups is 2. The van der Waals surface area contributed by atoms with E-state index in [1.807, 2.05) is 75.4 Å². The quantitative estimate of drug-likeness (QED) is 0.425. The van der Waals surface area contributed by atoms with Crippen molar-refractivity contribution in [3.63, 3.8) is 0 Å². The largest absolute Gasteiger partial charge is 0.480 e. The Hall–Kier alpha value is -4.20. The normalized spacial score (nSPS) is 15.5. The SMILES string of the molecule is Cc1cc(C)c(C(=O)NC(Cc2ccc(C3=NC(CNc4ccccn4)CO3)cc2)C(=O)O)c(C)c1. The van der Waals surface area contributed by atoms with Gasteiger partial charge in [0.05, 0.1) is 0 Å². The molecule has 0 spiro atoms. The van der Waals surface area contributed by atoms with Crippen molar-refractivity contribution in [3.8, 4) is 0 Å². The molecule has 8 nitrogen and oxygen atoms in total. The van der Waals surface area contributed by atoms with Gasteiger partial charge in [0.15, 0.2) is 0 Å². The van der Waals surface area contributed by atoms with Gasteiger partial charge in [-0.2, -0.15) is 0 Å². The second kappa shape index (κ2) is 11.0. The van der Waals surface area contributed by atoms with Gasteiger partial charge < -0.3 is 20.5 Å². The van der Waals surface area contributed by atoms with Crippen molar-refractivity contribution in [2.75, 3.05) is 18.5 Å². The highest BCUT2D eigenvalue weighted by Gasteiger charge is 2.24. The zero-order chi connectivity index (χ0) is 25.7. The van der Waals surface area contributed by atoms with Crippen LogP contribution in [0.25, 0.3) is 0 Å². The Morgan fingerprint density at radius 3 is 2.44 bits per heavy atom. The Morgan fingerprint density at radius 1 is 1.08 bits per heavy atom. The van der Waals surface area contributed by atoms with Gasteiger partial charge in [-0.05, 0) is 61.7 Å². The van der Waals surface area contributed by atoms with E-state index in [4.69, 9.17) is 4.74 Å². The number of rotatable bonds is 9. The summed E-state index contributed by atoms with van der Waals surface area (Å²) in [7, 11) is 0. The van der Waals surface area contributed by atoms with Crippen molar-refractivity contribution >= 4 is 23.6 Å². The van der Waals surface area contributed by atoms with Crippen molar-refractivity contribution < 1.29 is 19.4 Å². The maximum atomic E-state index is 12.9. The standard InChI is InChI=1S/C28H30N4O4/c1-17-12-18(2)25(19(3)13-17)26(33)32-23(28(34)35)14-20-7-9-21(10-8-20)27-31-22(16-36-27)15-30-24-6-4-5-11-29-24/h4-13,22-23H,14-16H2,1-3H3,(H,29,30)(H,32,33)(H,34,35). The molecule has 1 amide bonds. The average molecular weight is 487 g/mol. The lowest BCUT2D eigenvalue weighted by molar-refractivity contribution is -0.139. The van der Waals surface area contributed by atoms with Crippen molar-refractivity contribution in [2.45, 2.75) is 39.3 Å². The second-order valence-corrected chi connectivity index (χ2v) is 9.03. The number of benzene rings is 2. The number of aliphatic imine (C=N–C) groups is 1. The van der Waals surface area contributed by atoms with Gasteiger partial charge >= 0.3 is 5.97 Å². The fourth-order valence-corrected chi connectivity index (χ4v) is 4.36. The molecular weight excluding hydrogens is 456 g/mol. The molecule has 0 aliphatic carbocycles. The molecule has 2 aromatic carbocycles. The average Bonchev–Trinajstić information content (AvgIpc) is 3.32. The number of hydrogen-bond acceptors (Lipinski definition) is 6. The van der Waals surface area contributed by atoms with Gasteiger partial charge in [-0.3, -0.25) is 4.79 Å². The van der Waals surface area contributed by atoms with Crippen molar-refractivity contribution in [1.82, 2.24) is 10.3 Å². The highest BCUT2D eigenvalue weighted by molar-refractivity contribution is 5.99. The summed E-state index contributed by atoms with van der Waals surface area (Å²) >= 11 is 0. The van der Waals surface area contributed by atoms with Crippen LogP contribution in [0.2, 0.25) is 0 Å². The summed E-state index contributed by atoms with van der Waals surface area (Å²) in [5.41, 5.74) is 4.83. The molecule has 1 aliphatic heterocycles. The van der Waals surface area contributed by atoms with Gasteiger partial charge in [0.2, 0.25) is 5.90 Å². The van der Waals surface area contributed by atoms with Crippen molar-refractivity contribution in [2.24, 2.45) is 4.99 Å². The fourth-order valence-electron chi connectivity index (χ4n) is 4.36. The van der Waals surface area contributed by atoms with Crippen molar-refractivity contribution in [1.29, 1.82) is 0 Å². The molecule has 2 atom stereocenters. The van der Waals surface area contributed by atoms with E-state index in [1.54, 1.807) is 6.20 Å². The molecule has 8 heteroatoms. The molecule has 3 N–H and O–H groups in total. The Bertz CT molecular complexity index is 1250. The first-order valence-corrected chi connectivity index (χ1v) is 11.9. The third kappa shape index (κ3) is 6.07. The highest BCUT2D eigenvalue weighted by atomic mass is 16.5. The maximum Gasteiger partial charge on any atom is 0.326 e. The molecule has 0 saturated carbocycles. The number of aromatic nitrogens is 1. The van der Waals surface area contributed by atoms with Crippen LogP contribution in [-0.2, 0) is 16.0 Å². The number of pyridine rings is 1. The zero-order valence-corrected chi connectivity index (χ0v) is 20.6. The lowest BCUT2D eigenvalue weighted by Gasteiger charge is -2.17.